The highest BCUT2D eigenvalue weighted by Crippen LogP contribution is 2.34. The van der Waals surface area contributed by atoms with Crippen LogP contribution in [0.4, 0.5) is 4.79 Å². The van der Waals surface area contributed by atoms with Gasteiger partial charge in [-0.2, -0.15) is 0 Å². The number of hydrogen-bond donors (Lipinski definition) is 2. The van der Waals surface area contributed by atoms with E-state index in [1.165, 1.54) is 0 Å². The van der Waals surface area contributed by atoms with Crippen molar-refractivity contribution < 1.29 is 9.53 Å². The highest BCUT2D eigenvalue weighted by atomic mass is 16.6. The lowest BCUT2D eigenvalue weighted by molar-refractivity contribution is 0.0503. The van der Waals surface area contributed by atoms with Crippen LogP contribution in [0.5, 0.6) is 0 Å². The van der Waals surface area contributed by atoms with Crippen LogP contribution in [0.3, 0.4) is 0 Å². The van der Waals surface area contributed by atoms with E-state index >= 15 is 0 Å². The Hall–Kier alpha value is -0.770. The molecular weight excluding hydrogens is 204 g/mol. The van der Waals surface area contributed by atoms with Gasteiger partial charge in [-0.3, -0.25) is 0 Å². The lowest BCUT2D eigenvalue weighted by Gasteiger charge is -2.22. The van der Waals surface area contributed by atoms with Crippen LogP contribution in [0.1, 0.15) is 33.6 Å². The summed E-state index contributed by atoms with van der Waals surface area (Å²) in [5.41, 5.74) is -0.403. The summed E-state index contributed by atoms with van der Waals surface area (Å²) in [7, 11) is 0. The van der Waals surface area contributed by atoms with Crippen LogP contribution in [-0.2, 0) is 4.74 Å². The molecule has 1 aliphatic heterocycles. The average molecular weight is 226 g/mol. The quantitative estimate of drug-likeness (QED) is 0.712. The van der Waals surface area contributed by atoms with Crippen molar-refractivity contribution in [1.29, 1.82) is 0 Å². The minimum atomic E-state index is -0.403. The van der Waals surface area contributed by atoms with Crippen LogP contribution in [0.15, 0.2) is 0 Å². The van der Waals surface area contributed by atoms with E-state index in [4.69, 9.17) is 4.74 Å². The highest BCUT2D eigenvalue weighted by molar-refractivity contribution is 5.68. The topological polar surface area (TPSA) is 50.4 Å². The first kappa shape index (κ1) is 11.7. The van der Waals surface area contributed by atoms with Gasteiger partial charge in [0.25, 0.3) is 0 Å². The van der Waals surface area contributed by atoms with Gasteiger partial charge in [0.1, 0.15) is 5.60 Å². The maximum atomic E-state index is 11.6. The van der Waals surface area contributed by atoms with Gasteiger partial charge in [0.15, 0.2) is 0 Å². The maximum absolute atomic E-state index is 11.6. The molecule has 16 heavy (non-hydrogen) atoms. The van der Waals surface area contributed by atoms with Gasteiger partial charge in [-0.05, 0) is 58.5 Å². The first-order valence-electron chi connectivity index (χ1n) is 6.14. The summed E-state index contributed by atoms with van der Waals surface area (Å²) in [4.78, 5) is 11.6. The maximum Gasteiger partial charge on any atom is 0.407 e. The lowest BCUT2D eigenvalue weighted by Crippen LogP contribution is -2.38. The molecule has 0 aromatic rings. The minimum absolute atomic E-state index is 0.273. The summed E-state index contributed by atoms with van der Waals surface area (Å²) in [6.45, 7) is 7.88. The standard InChI is InChI=1S/C12H22N2O2/c1-12(2,3)16-11(15)14-10-4-8-6-13-7-9(8)5-10/h8-10,13H,4-7H2,1-3H3,(H,14,15). The summed E-state index contributed by atoms with van der Waals surface area (Å²) in [6, 6.07) is 0.312. The van der Waals surface area contributed by atoms with E-state index in [-0.39, 0.29) is 6.09 Å². The second-order valence-corrected chi connectivity index (χ2v) is 5.99. The van der Waals surface area contributed by atoms with Gasteiger partial charge in [-0.15, -0.1) is 0 Å². The predicted molar refractivity (Wildman–Crippen MR) is 62.2 cm³/mol. The molecular formula is C12H22N2O2. The fourth-order valence-corrected chi connectivity index (χ4v) is 2.76. The molecule has 1 saturated heterocycles. The SMILES string of the molecule is CC(C)(C)OC(=O)NC1CC2CNCC2C1. The third kappa shape index (κ3) is 2.88. The van der Waals surface area contributed by atoms with Crippen molar-refractivity contribution in [3.8, 4) is 0 Å². The third-order valence-corrected chi connectivity index (χ3v) is 3.38. The molecule has 2 aliphatic rings. The third-order valence-electron chi connectivity index (χ3n) is 3.38. The smallest absolute Gasteiger partial charge is 0.407 e. The average Bonchev–Trinajstić information content (AvgIpc) is 2.58. The summed E-state index contributed by atoms with van der Waals surface area (Å²) < 4.78 is 5.26. The van der Waals surface area contributed by atoms with Crippen molar-refractivity contribution in [3.05, 3.63) is 0 Å². The van der Waals surface area contributed by atoms with Crippen LogP contribution >= 0.6 is 0 Å². The Balaban J connectivity index is 1.77. The first-order chi connectivity index (χ1) is 7.44. The number of ether oxygens (including phenoxy) is 1. The van der Waals surface area contributed by atoms with Gasteiger partial charge in [0.2, 0.25) is 0 Å². The molecule has 2 fully saturated rings. The molecule has 4 nitrogen and oxygen atoms in total. The Labute approximate surface area is 97.1 Å². The largest absolute Gasteiger partial charge is 0.444 e. The van der Waals surface area contributed by atoms with Crippen molar-refractivity contribution >= 4 is 6.09 Å². The van der Waals surface area contributed by atoms with E-state index in [9.17, 15) is 4.79 Å². The van der Waals surface area contributed by atoms with Gasteiger partial charge in [-0.25, -0.2) is 4.79 Å². The summed E-state index contributed by atoms with van der Waals surface area (Å²) in [5.74, 6) is 1.50. The van der Waals surface area contributed by atoms with E-state index in [2.05, 4.69) is 10.6 Å². The summed E-state index contributed by atoms with van der Waals surface area (Å²) in [6.07, 6.45) is 1.92. The Morgan fingerprint density at radius 1 is 1.25 bits per heavy atom. The van der Waals surface area contributed by atoms with Crippen LogP contribution in [-0.4, -0.2) is 30.8 Å². The van der Waals surface area contributed by atoms with Crippen molar-refractivity contribution in [2.75, 3.05) is 13.1 Å². The molecule has 2 atom stereocenters. The molecule has 4 heteroatoms. The second-order valence-electron chi connectivity index (χ2n) is 5.99. The number of rotatable bonds is 1. The van der Waals surface area contributed by atoms with E-state index in [1.807, 2.05) is 20.8 Å². The number of alkyl carbamates (subject to hydrolysis) is 1. The van der Waals surface area contributed by atoms with Gasteiger partial charge in [0, 0.05) is 6.04 Å². The molecule has 92 valence electrons. The molecule has 2 unspecified atom stereocenters. The molecule has 2 rings (SSSR count). The number of carbonyl (C=O) groups is 1. The van der Waals surface area contributed by atoms with Crippen LogP contribution < -0.4 is 10.6 Å². The van der Waals surface area contributed by atoms with E-state index in [0.29, 0.717) is 6.04 Å². The Kier molecular flexibility index (Phi) is 3.10. The van der Waals surface area contributed by atoms with E-state index < -0.39 is 5.60 Å². The van der Waals surface area contributed by atoms with Crippen molar-refractivity contribution in [3.63, 3.8) is 0 Å². The van der Waals surface area contributed by atoms with Gasteiger partial charge < -0.3 is 15.4 Å². The number of carbonyl (C=O) groups excluding carboxylic acids is 1. The summed E-state index contributed by atoms with van der Waals surface area (Å²) in [5, 5.41) is 6.37. The fraction of sp³-hybridized carbons (Fsp3) is 0.917. The Morgan fingerprint density at radius 3 is 2.31 bits per heavy atom. The molecule has 0 aromatic carbocycles. The normalized spacial score (nSPS) is 33.6. The van der Waals surface area contributed by atoms with Gasteiger partial charge in [-0.1, -0.05) is 0 Å². The molecule has 0 bridgehead atoms. The van der Waals surface area contributed by atoms with Crippen LogP contribution in [0.2, 0.25) is 0 Å². The zero-order chi connectivity index (χ0) is 11.8. The molecule has 0 radical (unpaired) electrons. The highest BCUT2D eigenvalue weighted by Gasteiger charge is 2.38. The minimum Gasteiger partial charge on any atom is -0.444 e. The van der Waals surface area contributed by atoms with Crippen molar-refractivity contribution in [1.82, 2.24) is 10.6 Å². The number of nitrogens with one attached hydrogen (secondary N) is 2. The number of fused-ring (bicyclic) bond motifs is 1. The van der Waals surface area contributed by atoms with E-state index in [1.54, 1.807) is 0 Å². The molecule has 1 aliphatic carbocycles. The molecule has 0 aromatic heterocycles. The van der Waals surface area contributed by atoms with Gasteiger partial charge >= 0.3 is 6.09 Å². The van der Waals surface area contributed by atoms with E-state index in [0.717, 1.165) is 37.8 Å². The second kappa shape index (κ2) is 4.24. The monoisotopic (exact) mass is 226 g/mol. The predicted octanol–water partition coefficient (Wildman–Crippen LogP) is 1.51. The Morgan fingerprint density at radius 2 is 1.81 bits per heavy atom. The Bertz CT molecular complexity index is 261. The lowest BCUT2D eigenvalue weighted by atomic mass is 10.0. The van der Waals surface area contributed by atoms with Gasteiger partial charge in [0.05, 0.1) is 0 Å². The molecule has 2 N–H and O–H groups in total. The van der Waals surface area contributed by atoms with Crippen LogP contribution in [0, 0.1) is 11.8 Å². The number of amides is 1. The van der Waals surface area contributed by atoms with Crippen molar-refractivity contribution in [2.45, 2.75) is 45.3 Å². The molecule has 0 spiro atoms. The zero-order valence-electron chi connectivity index (χ0n) is 10.4. The fourth-order valence-electron chi connectivity index (χ4n) is 2.76. The van der Waals surface area contributed by atoms with Crippen LogP contribution in [0.25, 0.3) is 0 Å². The molecule has 1 amide bonds. The molecule has 1 heterocycles. The molecule has 1 saturated carbocycles. The zero-order valence-corrected chi connectivity index (χ0v) is 10.4. The first-order valence-corrected chi connectivity index (χ1v) is 6.14. The van der Waals surface area contributed by atoms with Crippen molar-refractivity contribution in [2.24, 2.45) is 11.8 Å². The summed E-state index contributed by atoms with van der Waals surface area (Å²) >= 11 is 0. The number of hydrogen-bond acceptors (Lipinski definition) is 3.